The molecule has 21 heavy (non-hydrogen) atoms. The van der Waals surface area contributed by atoms with E-state index in [4.69, 9.17) is 21.8 Å². The average molecular weight is 300 g/mol. The Morgan fingerprint density at radius 2 is 1.76 bits per heavy atom. The first-order valence-corrected chi connectivity index (χ1v) is 7.36. The summed E-state index contributed by atoms with van der Waals surface area (Å²) in [5.41, 5.74) is 11.9. The van der Waals surface area contributed by atoms with Gasteiger partial charge >= 0.3 is 0 Å². The van der Waals surface area contributed by atoms with Crippen molar-refractivity contribution in [1.29, 1.82) is 0 Å². The molecule has 3 rings (SSSR count). The molecule has 0 saturated carbocycles. The van der Waals surface area contributed by atoms with Crippen LogP contribution in [0.25, 0.3) is 11.0 Å². The molecule has 2 aromatic carbocycles. The molecule has 0 radical (unpaired) electrons. The number of aryl methyl sites for hydroxylation is 3. The minimum Gasteiger partial charge on any atom is -0.459 e. The van der Waals surface area contributed by atoms with E-state index in [0.29, 0.717) is 5.02 Å². The van der Waals surface area contributed by atoms with Crippen LogP contribution in [0.4, 0.5) is 0 Å². The lowest BCUT2D eigenvalue weighted by molar-refractivity contribution is 0.521. The second kappa shape index (κ2) is 5.21. The van der Waals surface area contributed by atoms with E-state index in [1.54, 1.807) is 0 Å². The van der Waals surface area contributed by atoms with Crippen molar-refractivity contribution in [2.75, 3.05) is 0 Å². The molecule has 1 unspecified atom stereocenters. The van der Waals surface area contributed by atoms with Gasteiger partial charge in [-0.25, -0.2) is 0 Å². The van der Waals surface area contributed by atoms with E-state index < -0.39 is 0 Å². The second-order valence-electron chi connectivity index (χ2n) is 5.55. The molecule has 3 heteroatoms. The normalized spacial score (nSPS) is 12.8. The highest BCUT2D eigenvalue weighted by molar-refractivity contribution is 6.31. The fraction of sp³-hybridized carbons (Fsp3) is 0.222. The first kappa shape index (κ1) is 14.2. The summed E-state index contributed by atoms with van der Waals surface area (Å²) in [6.07, 6.45) is 0. The highest BCUT2D eigenvalue weighted by atomic mass is 35.5. The van der Waals surface area contributed by atoms with Crippen molar-refractivity contribution in [1.82, 2.24) is 0 Å². The summed E-state index contributed by atoms with van der Waals surface area (Å²) >= 11 is 6.06. The third-order valence-corrected chi connectivity index (χ3v) is 4.34. The summed E-state index contributed by atoms with van der Waals surface area (Å²) < 4.78 is 5.96. The summed E-state index contributed by atoms with van der Waals surface area (Å²) in [6, 6.07) is 11.7. The SMILES string of the molecule is Cc1ccc(C(N)c2oc3ccc(Cl)cc3c2C)cc1C. The Morgan fingerprint density at radius 3 is 2.48 bits per heavy atom. The van der Waals surface area contributed by atoms with Crippen LogP contribution in [0.2, 0.25) is 5.02 Å². The van der Waals surface area contributed by atoms with Gasteiger partial charge in [-0.3, -0.25) is 0 Å². The lowest BCUT2D eigenvalue weighted by Gasteiger charge is -2.12. The van der Waals surface area contributed by atoms with Crippen molar-refractivity contribution in [3.05, 3.63) is 69.4 Å². The molecule has 2 N–H and O–H groups in total. The van der Waals surface area contributed by atoms with Crippen LogP contribution in [0.1, 0.15) is 34.1 Å². The Balaban J connectivity index is 2.10. The van der Waals surface area contributed by atoms with Crippen LogP contribution < -0.4 is 5.73 Å². The molecule has 0 fully saturated rings. The Kier molecular flexibility index (Phi) is 3.52. The van der Waals surface area contributed by atoms with Crippen molar-refractivity contribution in [2.24, 2.45) is 5.73 Å². The summed E-state index contributed by atoms with van der Waals surface area (Å²) in [4.78, 5) is 0. The van der Waals surface area contributed by atoms with Crippen molar-refractivity contribution in [3.63, 3.8) is 0 Å². The number of halogens is 1. The Hall–Kier alpha value is -1.77. The van der Waals surface area contributed by atoms with Crippen LogP contribution in [-0.4, -0.2) is 0 Å². The minimum atomic E-state index is -0.268. The molecule has 0 aliphatic carbocycles. The summed E-state index contributed by atoms with van der Waals surface area (Å²) in [6.45, 7) is 6.22. The summed E-state index contributed by atoms with van der Waals surface area (Å²) in [5.74, 6) is 0.801. The second-order valence-corrected chi connectivity index (χ2v) is 5.99. The maximum atomic E-state index is 6.41. The van der Waals surface area contributed by atoms with Gasteiger partial charge in [-0.15, -0.1) is 0 Å². The zero-order valence-electron chi connectivity index (χ0n) is 12.4. The van der Waals surface area contributed by atoms with Crippen LogP contribution in [0, 0.1) is 20.8 Å². The number of benzene rings is 2. The van der Waals surface area contributed by atoms with E-state index in [9.17, 15) is 0 Å². The van der Waals surface area contributed by atoms with Gasteiger partial charge in [0.25, 0.3) is 0 Å². The largest absolute Gasteiger partial charge is 0.459 e. The number of rotatable bonds is 2. The predicted octanol–water partition coefficient (Wildman–Crippen LogP) is 5.06. The van der Waals surface area contributed by atoms with Crippen LogP contribution in [0.5, 0.6) is 0 Å². The van der Waals surface area contributed by atoms with E-state index in [0.717, 1.165) is 27.9 Å². The summed E-state index contributed by atoms with van der Waals surface area (Å²) in [5, 5.41) is 1.73. The Morgan fingerprint density at radius 1 is 1.00 bits per heavy atom. The quantitative estimate of drug-likeness (QED) is 0.718. The molecule has 0 bridgehead atoms. The van der Waals surface area contributed by atoms with E-state index in [1.165, 1.54) is 11.1 Å². The highest BCUT2D eigenvalue weighted by Crippen LogP contribution is 2.33. The van der Waals surface area contributed by atoms with Crippen molar-refractivity contribution in [2.45, 2.75) is 26.8 Å². The standard InChI is InChI=1S/C18H18ClNO/c1-10-4-5-13(8-11(10)2)17(20)18-12(3)15-9-14(19)6-7-16(15)21-18/h4-9,17H,20H2,1-3H3. The number of hydrogen-bond donors (Lipinski definition) is 1. The molecule has 3 aromatic rings. The maximum Gasteiger partial charge on any atom is 0.134 e. The average Bonchev–Trinajstić information content (AvgIpc) is 2.78. The van der Waals surface area contributed by atoms with Crippen LogP contribution >= 0.6 is 11.6 Å². The molecule has 0 spiro atoms. The molecule has 108 valence electrons. The zero-order valence-corrected chi connectivity index (χ0v) is 13.2. The molecule has 0 aliphatic heterocycles. The van der Waals surface area contributed by atoms with Crippen molar-refractivity contribution >= 4 is 22.6 Å². The maximum absolute atomic E-state index is 6.41. The molecule has 0 amide bonds. The lowest BCUT2D eigenvalue weighted by Crippen LogP contribution is -2.12. The highest BCUT2D eigenvalue weighted by Gasteiger charge is 2.19. The van der Waals surface area contributed by atoms with Crippen molar-refractivity contribution < 1.29 is 4.42 Å². The summed E-state index contributed by atoms with van der Waals surface area (Å²) in [7, 11) is 0. The van der Waals surface area contributed by atoms with Gasteiger partial charge in [0.15, 0.2) is 0 Å². The Bertz CT molecular complexity index is 819. The third-order valence-electron chi connectivity index (χ3n) is 4.11. The molecule has 1 aromatic heterocycles. The van der Waals surface area contributed by atoms with Gasteiger partial charge in [-0.05, 0) is 55.7 Å². The number of furan rings is 1. The fourth-order valence-corrected chi connectivity index (χ4v) is 2.79. The fourth-order valence-electron chi connectivity index (χ4n) is 2.62. The van der Waals surface area contributed by atoms with E-state index in [1.807, 2.05) is 25.1 Å². The zero-order chi connectivity index (χ0) is 15.1. The first-order valence-electron chi connectivity index (χ1n) is 6.98. The monoisotopic (exact) mass is 299 g/mol. The predicted molar refractivity (Wildman–Crippen MR) is 87.9 cm³/mol. The molecule has 0 saturated heterocycles. The molecular formula is C18H18ClNO. The van der Waals surface area contributed by atoms with Crippen LogP contribution in [0.3, 0.4) is 0 Å². The lowest BCUT2D eigenvalue weighted by atomic mass is 9.98. The van der Waals surface area contributed by atoms with Gasteiger partial charge in [0, 0.05) is 16.0 Å². The number of nitrogens with two attached hydrogens (primary N) is 1. The first-order chi connectivity index (χ1) is 9.97. The van der Waals surface area contributed by atoms with Gasteiger partial charge < -0.3 is 10.2 Å². The third kappa shape index (κ3) is 2.45. The number of fused-ring (bicyclic) bond motifs is 1. The topological polar surface area (TPSA) is 39.2 Å². The molecule has 2 nitrogen and oxygen atoms in total. The van der Waals surface area contributed by atoms with Gasteiger partial charge in [-0.1, -0.05) is 29.8 Å². The van der Waals surface area contributed by atoms with Gasteiger partial charge in [-0.2, -0.15) is 0 Å². The van der Waals surface area contributed by atoms with E-state index in [-0.39, 0.29) is 6.04 Å². The number of hydrogen-bond acceptors (Lipinski definition) is 2. The molecular weight excluding hydrogens is 282 g/mol. The Labute approximate surface area is 129 Å². The molecule has 1 heterocycles. The minimum absolute atomic E-state index is 0.268. The van der Waals surface area contributed by atoms with Crippen molar-refractivity contribution in [3.8, 4) is 0 Å². The molecule has 0 aliphatic rings. The van der Waals surface area contributed by atoms with E-state index in [2.05, 4.69) is 32.0 Å². The van der Waals surface area contributed by atoms with Gasteiger partial charge in [0.1, 0.15) is 11.3 Å². The van der Waals surface area contributed by atoms with Gasteiger partial charge in [0.05, 0.1) is 6.04 Å². The smallest absolute Gasteiger partial charge is 0.134 e. The van der Waals surface area contributed by atoms with E-state index >= 15 is 0 Å². The molecule has 1 atom stereocenters. The van der Waals surface area contributed by atoms with Crippen LogP contribution in [-0.2, 0) is 0 Å². The van der Waals surface area contributed by atoms with Crippen LogP contribution in [0.15, 0.2) is 40.8 Å². The van der Waals surface area contributed by atoms with Gasteiger partial charge in [0.2, 0.25) is 0 Å².